The van der Waals surface area contributed by atoms with E-state index in [-0.39, 0.29) is 24.6 Å². The van der Waals surface area contributed by atoms with Crippen LogP contribution in [0.3, 0.4) is 0 Å². The summed E-state index contributed by atoms with van der Waals surface area (Å²) in [6.07, 6.45) is -2.64. The van der Waals surface area contributed by atoms with Gasteiger partial charge in [0.15, 0.2) is 0 Å². The van der Waals surface area contributed by atoms with Crippen molar-refractivity contribution in [2.45, 2.75) is 51.0 Å². The number of amides is 1. The molecule has 10 heteroatoms. The Morgan fingerprint density at radius 1 is 1.00 bits per heavy atom. The van der Waals surface area contributed by atoms with Gasteiger partial charge < -0.3 is 19.4 Å². The van der Waals surface area contributed by atoms with Crippen LogP contribution in [0.25, 0.3) is 17.2 Å². The monoisotopic (exact) mass is 550 g/mol. The number of hydrogen-bond donors (Lipinski definition) is 1. The summed E-state index contributed by atoms with van der Waals surface area (Å²) in [4.78, 5) is 16.3. The largest absolute Gasteiger partial charge is 0.492 e. The maximum atomic E-state index is 13.3. The van der Waals surface area contributed by atoms with Crippen molar-refractivity contribution >= 4 is 19.3 Å². The summed E-state index contributed by atoms with van der Waals surface area (Å²) in [5.41, 5.74) is 2.72. The highest BCUT2D eigenvalue weighted by Crippen LogP contribution is 2.44. The van der Waals surface area contributed by atoms with Gasteiger partial charge in [-0.1, -0.05) is 54.6 Å². The fourth-order valence-corrected chi connectivity index (χ4v) is 4.93. The van der Waals surface area contributed by atoms with E-state index in [9.17, 15) is 18.0 Å². The molecule has 2 aliphatic rings. The molecular weight excluding hydrogens is 520 g/mol. The van der Waals surface area contributed by atoms with Gasteiger partial charge in [0.1, 0.15) is 12.3 Å². The average Bonchev–Trinajstić information content (AvgIpc) is 3.34. The second-order valence-corrected chi connectivity index (χ2v) is 11.0. The first-order valence-corrected chi connectivity index (χ1v) is 13.0. The number of fused-ring (bicyclic) bond motifs is 3. The quantitative estimate of drug-likeness (QED) is 0.348. The minimum atomic E-state index is -4.59. The highest BCUT2D eigenvalue weighted by molar-refractivity contribution is 6.56. The maximum absolute atomic E-state index is 13.3. The zero-order valence-electron chi connectivity index (χ0n) is 22.7. The number of benzene rings is 2. The molecule has 1 aromatic heterocycles. The highest BCUT2D eigenvalue weighted by atomic mass is 19.4. The molecule has 0 bridgehead atoms. The zero-order valence-corrected chi connectivity index (χ0v) is 22.7. The van der Waals surface area contributed by atoms with E-state index in [1.165, 1.54) is 12.1 Å². The summed E-state index contributed by atoms with van der Waals surface area (Å²) in [5.74, 6) is -0.103. The molecule has 0 spiro atoms. The number of ether oxygens (including phenoxy) is 1. The summed E-state index contributed by atoms with van der Waals surface area (Å²) in [5, 5.41) is 2.72. The minimum absolute atomic E-state index is 0.0584. The molecule has 0 atom stereocenters. The third-order valence-electron chi connectivity index (χ3n) is 7.76. The van der Waals surface area contributed by atoms with Crippen LogP contribution in [-0.2, 0) is 20.2 Å². The Morgan fingerprint density at radius 2 is 1.57 bits per heavy atom. The van der Waals surface area contributed by atoms with Crippen LogP contribution in [0, 0.1) is 0 Å². The number of carbonyl (C=O) groups is 1. The van der Waals surface area contributed by atoms with Crippen molar-refractivity contribution in [3.8, 4) is 11.1 Å². The van der Waals surface area contributed by atoms with Crippen molar-refractivity contribution in [2.75, 3.05) is 13.2 Å². The van der Waals surface area contributed by atoms with Gasteiger partial charge >= 0.3 is 19.4 Å². The molecule has 0 unspecified atom stereocenters. The van der Waals surface area contributed by atoms with Crippen LogP contribution in [0.5, 0.6) is 0 Å². The van der Waals surface area contributed by atoms with Gasteiger partial charge in [-0.15, -0.1) is 0 Å². The number of nitrogens with zero attached hydrogens (tertiary/aromatic N) is 1. The number of rotatable bonds is 6. The Bertz CT molecular complexity index is 1390. The Hall–Kier alpha value is -3.63. The molecule has 1 N–H and O–H groups in total. The molecule has 1 aliphatic carbocycles. The number of pyridine rings is 1. The van der Waals surface area contributed by atoms with Crippen molar-refractivity contribution in [2.24, 2.45) is 0 Å². The Labute approximate surface area is 231 Å². The van der Waals surface area contributed by atoms with Gasteiger partial charge in [0.25, 0.3) is 0 Å². The Morgan fingerprint density at radius 3 is 2.15 bits per heavy atom. The second kappa shape index (κ2) is 10.4. The highest BCUT2D eigenvalue weighted by Gasteiger charge is 2.52. The number of hydrogen-bond acceptors (Lipinski definition) is 5. The molecular formula is C30H30BF3N2O4. The van der Waals surface area contributed by atoms with E-state index >= 15 is 0 Å². The average molecular weight is 550 g/mol. The summed E-state index contributed by atoms with van der Waals surface area (Å²) >= 11 is 0. The summed E-state index contributed by atoms with van der Waals surface area (Å²) in [6.45, 7) is 7.57. The van der Waals surface area contributed by atoms with Crippen LogP contribution < -0.4 is 5.32 Å². The third-order valence-corrected chi connectivity index (χ3v) is 7.76. The van der Waals surface area contributed by atoms with Gasteiger partial charge in [-0.3, -0.25) is 4.98 Å². The molecule has 3 aromatic rings. The lowest BCUT2D eigenvalue weighted by atomic mass is 9.77. The maximum Gasteiger partial charge on any atom is 0.492 e. The molecule has 0 saturated carbocycles. The fraction of sp³-hybridized carbons (Fsp3) is 0.333. The van der Waals surface area contributed by atoms with Gasteiger partial charge in [-0.25, -0.2) is 4.79 Å². The summed E-state index contributed by atoms with van der Waals surface area (Å²) < 4.78 is 57.7. The van der Waals surface area contributed by atoms with Gasteiger partial charge in [0.2, 0.25) is 0 Å². The molecule has 6 nitrogen and oxygen atoms in total. The van der Waals surface area contributed by atoms with Gasteiger partial charge in [-0.05, 0) is 73.1 Å². The normalized spacial score (nSPS) is 17.9. The van der Waals surface area contributed by atoms with Crippen LogP contribution in [0.15, 0.2) is 72.3 Å². The Kier molecular flexibility index (Phi) is 7.27. The van der Waals surface area contributed by atoms with Crippen LogP contribution >= 0.6 is 0 Å². The molecule has 2 heterocycles. The predicted molar refractivity (Wildman–Crippen MR) is 146 cm³/mol. The first kappa shape index (κ1) is 27.9. The molecule has 1 fully saturated rings. The standard InChI is InChI=1S/C30H30BF3N2O4/c1-28(2)29(3,4)40-31(39-28)20(15-19-13-14-35-26(16-19)30(32,33)34)17-36-27(37)38-18-25-23-11-7-5-9-21(23)22-10-6-8-12-24(22)25/h5-16,25H,17-18H2,1-4H3,(H,36,37). The molecule has 0 radical (unpaired) electrons. The molecule has 208 valence electrons. The van der Waals surface area contributed by atoms with Gasteiger partial charge in [-0.2, -0.15) is 13.2 Å². The third kappa shape index (κ3) is 5.51. The number of halogens is 3. The predicted octanol–water partition coefficient (Wildman–Crippen LogP) is 6.65. The zero-order chi connectivity index (χ0) is 28.7. The Balaban J connectivity index is 1.32. The minimum Gasteiger partial charge on any atom is -0.449 e. The first-order chi connectivity index (χ1) is 18.9. The van der Waals surface area contributed by atoms with E-state index in [1.54, 1.807) is 0 Å². The van der Waals surface area contributed by atoms with Gasteiger partial charge in [0, 0.05) is 18.7 Å². The van der Waals surface area contributed by atoms with E-state index in [1.807, 2.05) is 64.1 Å². The van der Waals surface area contributed by atoms with Crippen molar-refractivity contribution in [3.05, 3.63) is 94.7 Å². The molecule has 1 amide bonds. The van der Waals surface area contributed by atoms with Gasteiger partial charge in [0.05, 0.1) is 11.2 Å². The van der Waals surface area contributed by atoms with E-state index in [4.69, 9.17) is 14.0 Å². The molecule has 5 rings (SSSR count). The topological polar surface area (TPSA) is 69.7 Å². The molecule has 2 aromatic carbocycles. The molecule has 1 saturated heterocycles. The van der Waals surface area contributed by atoms with E-state index in [0.29, 0.717) is 5.47 Å². The van der Waals surface area contributed by atoms with Crippen LogP contribution in [-0.4, -0.2) is 42.5 Å². The SMILES string of the molecule is CC1(C)OB(C(=Cc2ccnc(C(F)(F)F)c2)CNC(=O)OCC2c3ccccc3-c3ccccc32)OC1(C)C. The van der Waals surface area contributed by atoms with Crippen molar-refractivity contribution in [3.63, 3.8) is 0 Å². The number of carbonyl (C=O) groups excluding carboxylic acids is 1. The number of alkyl halides is 3. The lowest BCUT2D eigenvalue weighted by Gasteiger charge is -2.32. The number of aromatic nitrogens is 1. The van der Waals surface area contributed by atoms with Crippen molar-refractivity contribution in [1.82, 2.24) is 10.3 Å². The number of alkyl carbamates (subject to hydrolysis) is 1. The summed E-state index contributed by atoms with van der Waals surface area (Å²) in [6, 6.07) is 18.5. The van der Waals surface area contributed by atoms with Crippen LogP contribution in [0.2, 0.25) is 0 Å². The molecule has 40 heavy (non-hydrogen) atoms. The summed E-state index contributed by atoms with van der Waals surface area (Å²) in [7, 11) is -0.888. The van der Waals surface area contributed by atoms with Crippen LogP contribution in [0.4, 0.5) is 18.0 Å². The van der Waals surface area contributed by atoms with E-state index in [2.05, 4.69) is 22.4 Å². The fourth-order valence-electron chi connectivity index (χ4n) is 4.93. The first-order valence-electron chi connectivity index (χ1n) is 13.0. The lowest BCUT2D eigenvalue weighted by molar-refractivity contribution is -0.141. The lowest BCUT2D eigenvalue weighted by Crippen LogP contribution is -2.41. The smallest absolute Gasteiger partial charge is 0.449 e. The number of nitrogens with one attached hydrogen (secondary N) is 1. The van der Waals surface area contributed by atoms with E-state index < -0.39 is 36.3 Å². The van der Waals surface area contributed by atoms with Crippen molar-refractivity contribution in [1.29, 1.82) is 0 Å². The van der Waals surface area contributed by atoms with Crippen LogP contribution in [0.1, 0.15) is 56.0 Å². The van der Waals surface area contributed by atoms with E-state index in [0.717, 1.165) is 34.5 Å². The van der Waals surface area contributed by atoms with Crippen molar-refractivity contribution < 1.29 is 32.0 Å². The second-order valence-electron chi connectivity index (χ2n) is 11.0. The molecule has 1 aliphatic heterocycles.